The fourth-order valence-electron chi connectivity index (χ4n) is 2.89. The Hall–Kier alpha value is -2.02. The fraction of sp³-hybridized carbons (Fsp3) is 0.158. The van der Waals surface area contributed by atoms with Gasteiger partial charge in [0.05, 0.1) is 10.3 Å². The molecule has 0 saturated carbocycles. The number of benzene rings is 2. The fourth-order valence-corrected chi connectivity index (χ4v) is 3.53. The zero-order valence-electron chi connectivity index (χ0n) is 13.6. The summed E-state index contributed by atoms with van der Waals surface area (Å²) in [4.78, 5) is -0.0286. The number of allylic oxidation sites excluding steroid dienone is 4. The summed E-state index contributed by atoms with van der Waals surface area (Å²) in [6, 6.07) is 12.8. The van der Waals surface area contributed by atoms with Gasteiger partial charge in [-0.15, -0.1) is 0 Å². The first-order valence-electron chi connectivity index (χ1n) is 7.75. The van der Waals surface area contributed by atoms with Crippen molar-refractivity contribution in [3.8, 4) is 0 Å². The monoisotopic (exact) mass is 395 g/mol. The molecule has 0 radical (unpaired) electrons. The maximum Gasteiger partial charge on any atom is 0.238 e. The molecule has 0 bridgehead atoms. The number of hydrogen-bond donors (Lipinski definition) is 1. The Morgan fingerprint density at radius 3 is 1.65 bits per heavy atom. The molecule has 136 valence electrons. The zero-order valence-corrected chi connectivity index (χ0v) is 15.2. The van der Waals surface area contributed by atoms with Crippen molar-refractivity contribution in [1.82, 2.24) is 0 Å². The van der Waals surface area contributed by atoms with Gasteiger partial charge in [0, 0.05) is 5.02 Å². The summed E-state index contributed by atoms with van der Waals surface area (Å²) in [6.07, 6.45) is 3.11. The lowest BCUT2D eigenvalue weighted by molar-refractivity contribution is 0.265. The van der Waals surface area contributed by atoms with E-state index in [4.69, 9.17) is 16.7 Å². The lowest BCUT2D eigenvalue weighted by atomic mass is 9.93. The Morgan fingerprint density at radius 1 is 0.846 bits per heavy atom. The quantitative estimate of drug-likeness (QED) is 0.816. The third-order valence-corrected chi connectivity index (χ3v) is 5.48. The summed E-state index contributed by atoms with van der Waals surface area (Å²) in [7, 11) is -3.81. The highest BCUT2D eigenvalue weighted by Crippen LogP contribution is 2.45. The molecule has 0 amide bonds. The predicted molar refractivity (Wildman–Crippen MR) is 99.6 cm³/mol. The minimum atomic E-state index is -3.81. The first-order chi connectivity index (χ1) is 12.3. The standard InChI is InChI=1S/C19H16ClF2NO2S/c20-15-5-1-13(2-6-15)17-9-19(11-21,12-22)10-18(17)14-3-7-16(8-4-14)26(23,24)25/h1-10H,11-12H2,(H2,23,24,25). The van der Waals surface area contributed by atoms with Crippen LogP contribution in [0.3, 0.4) is 0 Å². The second-order valence-corrected chi connectivity index (χ2v) is 8.19. The Bertz CT molecular complexity index is 977. The van der Waals surface area contributed by atoms with E-state index in [1.54, 1.807) is 48.6 Å². The molecule has 2 N–H and O–H groups in total. The summed E-state index contributed by atoms with van der Waals surface area (Å²) in [6.45, 7) is -1.75. The van der Waals surface area contributed by atoms with Crippen molar-refractivity contribution < 1.29 is 17.2 Å². The lowest BCUT2D eigenvalue weighted by Gasteiger charge is -2.15. The molecule has 1 aliphatic rings. The van der Waals surface area contributed by atoms with Crippen molar-refractivity contribution in [1.29, 1.82) is 0 Å². The minimum absolute atomic E-state index is 0.0286. The Kier molecular flexibility index (Phi) is 5.01. The van der Waals surface area contributed by atoms with E-state index in [2.05, 4.69) is 0 Å². The second kappa shape index (κ2) is 6.95. The van der Waals surface area contributed by atoms with E-state index in [0.717, 1.165) is 5.56 Å². The zero-order chi connectivity index (χ0) is 18.9. The summed E-state index contributed by atoms with van der Waals surface area (Å²) in [5.74, 6) is 0. The SMILES string of the molecule is NS(=O)(=O)c1ccc(C2=CC(CF)(CF)C=C2c2ccc(Cl)cc2)cc1. The molecule has 1 aliphatic carbocycles. The molecule has 3 rings (SSSR count). The van der Waals surface area contributed by atoms with Crippen LogP contribution < -0.4 is 5.14 Å². The van der Waals surface area contributed by atoms with E-state index >= 15 is 0 Å². The van der Waals surface area contributed by atoms with Gasteiger partial charge in [-0.1, -0.05) is 48.0 Å². The van der Waals surface area contributed by atoms with Gasteiger partial charge in [0.2, 0.25) is 10.0 Å². The predicted octanol–water partition coefficient (Wildman–Crippen LogP) is 4.39. The number of halogens is 3. The highest BCUT2D eigenvalue weighted by atomic mass is 35.5. The molecule has 0 heterocycles. The average Bonchev–Trinajstić information content (AvgIpc) is 3.02. The molecule has 7 heteroatoms. The van der Waals surface area contributed by atoms with Gasteiger partial charge in [-0.25, -0.2) is 22.3 Å². The van der Waals surface area contributed by atoms with Crippen LogP contribution in [0.15, 0.2) is 65.6 Å². The van der Waals surface area contributed by atoms with Crippen LogP contribution in [0.4, 0.5) is 8.78 Å². The first kappa shape index (κ1) is 18.8. The first-order valence-corrected chi connectivity index (χ1v) is 9.68. The molecular formula is C19H16ClF2NO2S. The number of primary sulfonamides is 1. The van der Waals surface area contributed by atoms with E-state index < -0.39 is 28.8 Å². The van der Waals surface area contributed by atoms with Crippen molar-refractivity contribution in [2.75, 3.05) is 13.3 Å². The van der Waals surface area contributed by atoms with Crippen LogP contribution >= 0.6 is 11.6 Å². The lowest BCUT2D eigenvalue weighted by Crippen LogP contribution is -2.18. The molecule has 0 fully saturated rings. The third-order valence-electron chi connectivity index (χ3n) is 4.30. The van der Waals surface area contributed by atoms with E-state index in [1.165, 1.54) is 12.1 Å². The average molecular weight is 396 g/mol. The summed E-state index contributed by atoms with van der Waals surface area (Å²) >= 11 is 5.92. The van der Waals surface area contributed by atoms with Crippen LogP contribution in [-0.4, -0.2) is 21.8 Å². The summed E-state index contributed by atoms with van der Waals surface area (Å²) < 4.78 is 50.0. The largest absolute Gasteiger partial charge is 0.250 e. The van der Waals surface area contributed by atoms with Crippen LogP contribution in [0, 0.1) is 5.41 Å². The molecule has 0 unspecified atom stereocenters. The molecule has 0 atom stereocenters. The van der Waals surface area contributed by atoms with Crippen molar-refractivity contribution in [2.24, 2.45) is 10.6 Å². The van der Waals surface area contributed by atoms with Crippen LogP contribution in [0.5, 0.6) is 0 Å². The Balaban J connectivity index is 2.10. The topological polar surface area (TPSA) is 60.2 Å². The summed E-state index contributed by atoms with van der Waals surface area (Å²) in [5, 5.41) is 5.67. The van der Waals surface area contributed by atoms with Gasteiger partial charge in [0.15, 0.2) is 0 Å². The van der Waals surface area contributed by atoms with Gasteiger partial charge < -0.3 is 0 Å². The highest BCUT2D eigenvalue weighted by Gasteiger charge is 2.34. The van der Waals surface area contributed by atoms with Crippen molar-refractivity contribution in [3.05, 3.63) is 76.8 Å². The van der Waals surface area contributed by atoms with Gasteiger partial charge >= 0.3 is 0 Å². The van der Waals surface area contributed by atoms with Crippen molar-refractivity contribution >= 4 is 32.8 Å². The minimum Gasteiger partial charge on any atom is -0.250 e. The van der Waals surface area contributed by atoms with E-state index in [0.29, 0.717) is 21.7 Å². The molecule has 0 aromatic heterocycles. The molecular weight excluding hydrogens is 380 g/mol. The van der Waals surface area contributed by atoms with Crippen LogP contribution in [0.2, 0.25) is 5.02 Å². The van der Waals surface area contributed by atoms with Gasteiger partial charge in [-0.05, 0) is 46.5 Å². The second-order valence-electron chi connectivity index (χ2n) is 6.19. The molecule has 0 saturated heterocycles. The van der Waals surface area contributed by atoms with Gasteiger partial charge in [-0.3, -0.25) is 0 Å². The smallest absolute Gasteiger partial charge is 0.238 e. The molecule has 2 aromatic rings. The number of rotatable bonds is 5. The Morgan fingerprint density at radius 2 is 1.27 bits per heavy atom. The van der Waals surface area contributed by atoms with Crippen molar-refractivity contribution in [3.63, 3.8) is 0 Å². The van der Waals surface area contributed by atoms with Crippen molar-refractivity contribution in [2.45, 2.75) is 4.90 Å². The third kappa shape index (κ3) is 3.58. The van der Waals surface area contributed by atoms with Gasteiger partial charge in [-0.2, -0.15) is 0 Å². The normalized spacial score (nSPS) is 16.3. The highest BCUT2D eigenvalue weighted by molar-refractivity contribution is 7.89. The maximum atomic E-state index is 13.6. The summed E-state index contributed by atoms with van der Waals surface area (Å²) in [5.41, 5.74) is 1.37. The van der Waals surface area contributed by atoms with Crippen LogP contribution in [0.25, 0.3) is 11.1 Å². The molecule has 26 heavy (non-hydrogen) atoms. The number of hydrogen-bond acceptors (Lipinski definition) is 2. The van der Waals surface area contributed by atoms with E-state index in [1.807, 2.05) is 0 Å². The van der Waals surface area contributed by atoms with Gasteiger partial charge in [0.25, 0.3) is 0 Å². The van der Waals surface area contributed by atoms with E-state index in [9.17, 15) is 17.2 Å². The number of sulfonamides is 1. The van der Waals surface area contributed by atoms with E-state index in [-0.39, 0.29) is 4.90 Å². The number of nitrogens with two attached hydrogens (primary N) is 1. The molecule has 0 aliphatic heterocycles. The molecule has 3 nitrogen and oxygen atoms in total. The van der Waals surface area contributed by atoms with Crippen LogP contribution in [0.1, 0.15) is 11.1 Å². The molecule has 2 aromatic carbocycles. The van der Waals surface area contributed by atoms with Crippen LogP contribution in [-0.2, 0) is 10.0 Å². The maximum absolute atomic E-state index is 13.6. The number of alkyl halides is 2. The molecule has 0 spiro atoms. The van der Waals surface area contributed by atoms with Gasteiger partial charge in [0.1, 0.15) is 13.3 Å². The Labute approximate surface area is 155 Å².